The standard InChI is InChI=1S/C11H16N2S/c1-8-3-2-4-10(11(8)12)14-7-9-5-13-6-9/h2-4,9,13H,5-7,12H2,1H3. The van der Waals surface area contributed by atoms with Crippen LogP contribution in [0.2, 0.25) is 0 Å². The molecule has 14 heavy (non-hydrogen) atoms. The molecule has 1 aromatic carbocycles. The Morgan fingerprint density at radius 1 is 1.50 bits per heavy atom. The quantitative estimate of drug-likeness (QED) is 0.588. The fraction of sp³-hybridized carbons (Fsp3) is 0.455. The number of benzene rings is 1. The second kappa shape index (κ2) is 4.24. The summed E-state index contributed by atoms with van der Waals surface area (Å²) < 4.78 is 0. The molecule has 0 radical (unpaired) electrons. The van der Waals surface area contributed by atoms with Gasteiger partial charge in [-0.15, -0.1) is 11.8 Å². The lowest BCUT2D eigenvalue weighted by Crippen LogP contribution is -2.43. The maximum Gasteiger partial charge on any atom is 0.0481 e. The Morgan fingerprint density at radius 2 is 2.29 bits per heavy atom. The van der Waals surface area contributed by atoms with Crippen molar-refractivity contribution in [2.24, 2.45) is 5.92 Å². The fourth-order valence-electron chi connectivity index (χ4n) is 1.45. The normalized spacial score (nSPS) is 16.6. The molecule has 3 heteroatoms. The Bertz CT molecular complexity index is 321. The molecule has 0 amide bonds. The lowest BCUT2D eigenvalue weighted by atomic mass is 10.1. The highest BCUT2D eigenvalue weighted by Gasteiger charge is 2.17. The van der Waals surface area contributed by atoms with Crippen LogP contribution in [0.1, 0.15) is 5.56 Å². The molecular formula is C11H16N2S. The number of para-hydroxylation sites is 1. The first kappa shape index (κ1) is 9.87. The summed E-state index contributed by atoms with van der Waals surface area (Å²) in [6.07, 6.45) is 0. The van der Waals surface area contributed by atoms with Crippen LogP contribution in [-0.4, -0.2) is 18.8 Å². The highest BCUT2D eigenvalue weighted by Crippen LogP contribution is 2.29. The smallest absolute Gasteiger partial charge is 0.0481 e. The van der Waals surface area contributed by atoms with E-state index in [-0.39, 0.29) is 0 Å². The molecule has 3 N–H and O–H groups in total. The summed E-state index contributed by atoms with van der Waals surface area (Å²) in [4.78, 5) is 1.23. The molecule has 76 valence electrons. The average Bonchev–Trinajstić information content (AvgIpc) is 2.09. The predicted octanol–water partition coefficient (Wildman–Crippen LogP) is 1.89. The molecule has 0 spiro atoms. The Morgan fingerprint density at radius 3 is 2.93 bits per heavy atom. The van der Waals surface area contributed by atoms with Crippen molar-refractivity contribution in [3.05, 3.63) is 23.8 Å². The number of nitrogen functional groups attached to an aromatic ring is 1. The van der Waals surface area contributed by atoms with Gasteiger partial charge in [0.2, 0.25) is 0 Å². The Kier molecular flexibility index (Phi) is 2.99. The van der Waals surface area contributed by atoms with Crippen LogP contribution in [0.4, 0.5) is 5.69 Å². The summed E-state index contributed by atoms with van der Waals surface area (Å²) in [6.45, 7) is 4.39. The predicted molar refractivity (Wildman–Crippen MR) is 62.7 cm³/mol. The first-order chi connectivity index (χ1) is 6.77. The van der Waals surface area contributed by atoms with Gasteiger partial charge in [-0.25, -0.2) is 0 Å². The van der Waals surface area contributed by atoms with Crippen molar-refractivity contribution >= 4 is 17.4 Å². The zero-order valence-electron chi connectivity index (χ0n) is 8.42. The topological polar surface area (TPSA) is 38.0 Å². The summed E-state index contributed by atoms with van der Waals surface area (Å²) in [6, 6.07) is 6.25. The third-order valence-corrected chi connectivity index (χ3v) is 3.93. The highest BCUT2D eigenvalue weighted by molar-refractivity contribution is 7.99. The van der Waals surface area contributed by atoms with Crippen LogP contribution in [0, 0.1) is 12.8 Å². The molecule has 1 fully saturated rings. The number of rotatable bonds is 3. The molecule has 1 saturated heterocycles. The summed E-state index contributed by atoms with van der Waals surface area (Å²) in [5.74, 6) is 2.01. The van der Waals surface area contributed by atoms with Gasteiger partial charge in [0, 0.05) is 16.3 Å². The lowest BCUT2D eigenvalue weighted by molar-refractivity contribution is 0.385. The van der Waals surface area contributed by atoms with E-state index < -0.39 is 0 Å². The zero-order chi connectivity index (χ0) is 9.97. The minimum Gasteiger partial charge on any atom is -0.398 e. The van der Waals surface area contributed by atoms with Gasteiger partial charge in [-0.05, 0) is 37.6 Å². The van der Waals surface area contributed by atoms with E-state index in [0.29, 0.717) is 0 Å². The number of thioether (sulfide) groups is 1. The van der Waals surface area contributed by atoms with Crippen molar-refractivity contribution in [2.45, 2.75) is 11.8 Å². The third kappa shape index (κ3) is 2.04. The lowest BCUT2D eigenvalue weighted by Gasteiger charge is -2.26. The summed E-state index contributed by atoms with van der Waals surface area (Å²) in [7, 11) is 0. The van der Waals surface area contributed by atoms with Crippen LogP contribution >= 0.6 is 11.8 Å². The van der Waals surface area contributed by atoms with Crippen LogP contribution < -0.4 is 11.1 Å². The third-order valence-electron chi connectivity index (χ3n) is 2.62. The SMILES string of the molecule is Cc1cccc(SCC2CNC2)c1N. The first-order valence-corrected chi connectivity index (χ1v) is 5.94. The minimum atomic E-state index is 0.833. The molecule has 0 saturated carbocycles. The monoisotopic (exact) mass is 208 g/mol. The van der Waals surface area contributed by atoms with Gasteiger partial charge in [0.1, 0.15) is 0 Å². The van der Waals surface area contributed by atoms with Gasteiger partial charge in [0.15, 0.2) is 0 Å². The van der Waals surface area contributed by atoms with Gasteiger partial charge in [-0.3, -0.25) is 0 Å². The number of aryl methyl sites for hydroxylation is 1. The van der Waals surface area contributed by atoms with Crippen LogP contribution in [0.3, 0.4) is 0 Å². The van der Waals surface area contributed by atoms with Crippen LogP contribution in [0.15, 0.2) is 23.1 Å². The van der Waals surface area contributed by atoms with E-state index in [1.54, 1.807) is 0 Å². The van der Waals surface area contributed by atoms with Crippen molar-refractivity contribution in [3.8, 4) is 0 Å². The van der Waals surface area contributed by atoms with Crippen LogP contribution in [0.5, 0.6) is 0 Å². The molecule has 2 rings (SSSR count). The molecule has 0 unspecified atom stereocenters. The molecule has 0 aliphatic carbocycles. The maximum absolute atomic E-state index is 5.99. The van der Waals surface area contributed by atoms with E-state index in [1.165, 1.54) is 29.3 Å². The summed E-state index contributed by atoms with van der Waals surface area (Å²) in [5.41, 5.74) is 8.12. The number of nitrogens with two attached hydrogens (primary N) is 1. The number of nitrogens with one attached hydrogen (secondary N) is 1. The van der Waals surface area contributed by atoms with E-state index in [1.807, 2.05) is 11.8 Å². The summed E-state index contributed by atoms with van der Waals surface area (Å²) in [5, 5.41) is 3.28. The van der Waals surface area contributed by atoms with Crippen molar-refractivity contribution in [2.75, 3.05) is 24.6 Å². The molecule has 1 aliphatic rings. The van der Waals surface area contributed by atoms with Gasteiger partial charge in [0.05, 0.1) is 0 Å². The molecule has 1 aromatic rings. The average molecular weight is 208 g/mol. The van der Waals surface area contributed by atoms with Crippen molar-refractivity contribution in [1.82, 2.24) is 5.32 Å². The fourth-order valence-corrected chi connectivity index (χ4v) is 2.60. The van der Waals surface area contributed by atoms with Gasteiger partial charge >= 0.3 is 0 Å². The van der Waals surface area contributed by atoms with Gasteiger partial charge in [-0.1, -0.05) is 12.1 Å². The van der Waals surface area contributed by atoms with Crippen LogP contribution in [0.25, 0.3) is 0 Å². The Hall–Kier alpha value is -0.670. The van der Waals surface area contributed by atoms with Crippen molar-refractivity contribution < 1.29 is 0 Å². The van der Waals surface area contributed by atoms with Gasteiger partial charge in [-0.2, -0.15) is 0 Å². The van der Waals surface area contributed by atoms with E-state index in [4.69, 9.17) is 5.73 Å². The number of hydrogen-bond acceptors (Lipinski definition) is 3. The van der Waals surface area contributed by atoms with Crippen LogP contribution in [-0.2, 0) is 0 Å². The second-order valence-electron chi connectivity index (χ2n) is 3.82. The van der Waals surface area contributed by atoms with E-state index in [9.17, 15) is 0 Å². The zero-order valence-corrected chi connectivity index (χ0v) is 9.23. The largest absolute Gasteiger partial charge is 0.398 e. The van der Waals surface area contributed by atoms with Crippen molar-refractivity contribution in [3.63, 3.8) is 0 Å². The molecule has 1 aliphatic heterocycles. The molecule has 0 aromatic heterocycles. The molecule has 1 heterocycles. The first-order valence-electron chi connectivity index (χ1n) is 4.96. The van der Waals surface area contributed by atoms with Gasteiger partial charge < -0.3 is 11.1 Å². The maximum atomic E-state index is 5.99. The Balaban J connectivity index is 1.97. The molecular weight excluding hydrogens is 192 g/mol. The number of hydrogen-bond donors (Lipinski definition) is 2. The molecule has 0 bridgehead atoms. The highest BCUT2D eigenvalue weighted by atomic mass is 32.2. The van der Waals surface area contributed by atoms with Crippen molar-refractivity contribution in [1.29, 1.82) is 0 Å². The van der Waals surface area contributed by atoms with E-state index >= 15 is 0 Å². The number of anilines is 1. The second-order valence-corrected chi connectivity index (χ2v) is 4.88. The van der Waals surface area contributed by atoms with E-state index in [2.05, 4.69) is 30.4 Å². The summed E-state index contributed by atoms with van der Waals surface area (Å²) >= 11 is 1.88. The molecule has 2 nitrogen and oxygen atoms in total. The minimum absolute atomic E-state index is 0.833. The van der Waals surface area contributed by atoms with Gasteiger partial charge in [0.25, 0.3) is 0 Å². The molecule has 0 atom stereocenters. The van der Waals surface area contributed by atoms with E-state index in [0.717, 1.165) is 11.6 Å². The Labute approximate surface area is 89.3 Å².